The van der Waals surface area contributed by atoms with Crippen molar-refractivity contribution >= 4 is 5.91 Å². The summed E-state index contributed by atoms with van der Waals surface area (Å²) in [5.41, 5.74) is 1.45. The number of rotatable bonds is 3. The van der Waals surface area contributed by atoms with E-state index in [1.54, 1.807) is 29.7 Å². The van der Waals surface area contributed by atoms with E-state index in [-0.39, 0.29) is 17.9 Å². The Morgan fingerprint density at radius 3 is 2.79 bits per heavy atom. The van der Waals surface area contributed by atoms with Crippen LogP contribution in [-0.4, -0.2) is 45.4 Å². The minimum Gasteiger partial charge on any atom is -0.393 e. The van der Waals surface area contributed by atoms with E-state index in [2.05, 4.69) is 5.10 Å². The van der Waals surface area contributed by atoms with Crippen LogP contribution >= 0.6 is 0 Å². The van der Waals surface area contributed by atoms with E-state index in [1.165, 1.54) is 0 Å². The maximum Gasteiger partial charge on any atom is 0.271 e. The second-order valence-corrected chi connectivity index (χ2v) is 5.59. The van der Waals surface area contributed by atoms with Crippen LogP contribution in [0.2, 0.25) is 0 Å². The van der Waals surface area contributed by atoms with Gasteiger partial charge < -0.3 is 10.0 Å². The molecule has 2 unspecified atom stereocenters. The van der Waals surface area contributed by atoms with Crippen LogP contribution in [0, 0.1) is 12.8 Å². The molecule has 0 spiro atoms. The van der Waals surface area contributed by atoms with Gasteiger partial charge in [-0.05, 0) is 25.8 Å². The molecule has 2 rings (SSSR count). The highest BCUT2D eigenvalue weighted by Gasteiger charge is 2.26. The molecule has 2 atom stereocenters. The molecule has 1 amide bonds. The van der Waals surface area contributed by atoms with Crippen molar-refractivity contribution < 1.29 is 9.90 Å². The second kappa shape index (κ2) is 5.74. The number of aliphatic hydroxyl groups excluding tert-OH is 1. The topological polar surface area (TPSA) is 58.4 Å². The summed E-state index contributed by atoms with van der Waals surface area (Å²) in [5, 5.41) is 14.2. The fourth-order valence-electron chi connectivity index (χ4n) is 2.84. The number of aliphatic hydroxyl groups is 1. The average Bonchev–Trinajstić information content (AvgIpc) is 2.70. The first-order valence-electron chi connectivity index (χ1n) is 6.93. The molecule has 1 N–H and O–H groups in total. The molecule has 19 heavy (non-hydrogen) atoms. The molecular formula is C14H23N3O2. The SMILES string of the molecule is Cc1cc(C(=O)N(C)CC2CCCCC2O)n(C)n1. The number of amides is 1. The van der Waals surface area contributed by atoms with E-state index in [0.717, 1.165) is 31.4 Å². The van der Waals surface area contributed by atoms with Crippen LogP contribution in [0.15, 0.2) is 6.07 Å². The zero-order chi connectivity index (χ0) is 14.0. The van der Waals surface area contributed by atoms with Gasteiger partial charge in [0, 0.05) is 26.6 Å². The number of hydrogen-bond donors (Lipinski definition) is 1. The number of hydrogen-bond acceptors (Lipinski definition) is 3. The van der Waals surface area contributed by atoms with Crippen molar-refractivity contribution in [3.63, 3.8) is 0 Å². The normalized spacial score (nSPS) is 23.4. The van der Waals surface area contributed by atoms with Crippen LogP contribution < -0.4 is 0 Å². The molecule has 1 aliphatic carbocycles. The molecule has 106 valence electrons. The second-order valence-electron chi connectivity index (χ2n) is 5.59. The first kappa shape index (κ1) is 14.1. The molecular weight excluding hydrogens is 242 g/mol. The lowest BCUT2D eigenvalue weighted by Gasteiger charge is -2.31. The predicted molar refractivity (Wildman–Crippen MR) is 72.9 cm³/mol. The van der Waals surface area contributed by atoms with Gasteiger partial charge in [0.15, 0.2) is 0 Å². The van der Waals surface area contributed by atoms with Crippen molar-refractivity contribution in [2.45, 2.75) is 38.7 Å². The molecule has 1 aromatic rings. The largest absolute Gasteiger partial charge is 0.393 e. The predicted octanol–water partition coefficient (Wildman–Crippen LogP) is 1.35. The van der Waals surface area contributed by atoms with Gasteiger partial charge >= 0.3 is 0 Å². The molecule has 0 aliphatic heterocycles. The molecule has 5 nitrogen and oxygen atoms in total. The Bertz CT molecular complexity index is 456. The van der Waals surface area contributed by atoms with Gasteiger partial charge in [-0.25, -0.2) is 0 Å². The number of carbonyl (C=O) groups excluding carboxylic acids is 1. The molecule has 1 aromatic heterocycles. The Balaban J connectivity index is 2.01. The van der Waals surface area contributed by atoms with Gasteiger partial charge in [-0.15, -0.1) is 0 Å². The Morgan fingerprint density at radius 1 is 1.53 bits per heavy atom. The third-order valence-corrected chi connectivity index (χ3v) is 3.95. The highest BCUT2D eigenvalue weighted by atomic mass is 16.3. The molecule has 0 saturated heterocycles. The Labute approximate surface area is 114 Å². The molecule has 1 aliphatic rings. The summed E-state index contributed by atoms with van der Waals surface area (Å²) < 4.78 is 1.62. The van der Waals surface area contributed by atoms with E-state index >= 15 is 0 Å². The lowest BCUT2D eigenvalue weighted by Crippen LogP contribution is -2.38. The average molecular weight is 265 g/mol. The fourth-order valence-corrected chi connectivity index (χ4v) is 2.84. The molecule has 5 heteroatoms. The highest BCUT2D eigenvalue weighted by molar-refractivity contribution is 5.92. The zero-order valence-corrected chi connectivity index (χ0v) is 12.0. The molecule has 1 heterocycles. The van der Waals surface area contributed by atoms with Gasteiger partial charge in [0.1, 0.15) is 5.69 Å². The maximum atomic E-state index is 12.3. The van der Waals surface area contributed by atoms with E-state index < -0.39 is 0 Å². The van der Waals surface area contributed by atoms with Crippen LogP contribution in [0.4, 0.5) is 0 Å². The molecule has 0 bridgehead atoms. The summed E-state index contributed by atoms with van der Waals surface area (Å²) >= 11 is 0. The van der Waals surface area contributed by atoms with Crippen molar-refractivity contribution in [2.24, 2.45) is 13.0 Å². The van der Waals surface area contributed by atoms with Gasteiger partial charge in [0.25, 0.3) is 5.91 Å². The van der Waals surface area contributed by atoms with Gasteiger partial charge in [-0.1, -0.05) is 12.8 Å². The summed E-state index contributed by atoms with van der Waals surface area (Å²) in [7, 11) is 3.58. The minimum atomic E-state index is -0.266. The fraction of sp³-hybridized carbons (Fsp3) is 0.714. The quantitative estimate of drug-likeness (QED) is 0.897. The Morgan fingerprint density at radius 2 is 2.21 bits per heavy atom. The number of carbonyl (C=O) groups is 1. The summed E-state index contributed by atoms with van der Waals surface area (Å²) in [4.78, 5) is 14.0. The molecule has 1 saturated carbocycles. The van der Waals surface area contributed by atoms with Crippen LogP contribution in [0.25, 0.3) is 0 Å². The zero-order valence-electron chi connectivity index (χ0n) is 12.0. The standard InChI is InChI=1S/C14H23N3O2/c1-10-8-12(17(3)15-10)14(19)16(2)9-11-6-4-5-7-13(11)18/h8,11,13,18H,4-7,9H2,1-3H3. The number of aryl methyl sites for hydroxylation is 2. The van der Waals surface area contributed by atoms with Gasteiger partial charge in [-0.2, -0.15) is 5.10 Å². The van der Waals surface area contributed by atoms with Crippen LogP contribution in [0.3, 0.4) is 0 Å². The van der Waals surface area contributed by atoms with Gasteiger partial charge in [0.2, 0.25) is 0 Å². The molecule has 1 fully saturated rings. The summed E-state index contributed by atoms with van der Waals surface area (Å²) in [6.07, 6.45) is 3.84. The highest BCUT2D eigenvalue weighted by Crippen LogP contribution is 2.25. The van der Waals surface area contributed by atoms with E-state index in [0.29, 0.717) is 12.2 Å². The third-order valence-electron chi connectivity index (χ3n) is 3.95. The van der Waals surface area contributed by atoms with Crippen LogP contribution in [-0.2, 0) is 7.05 Å². The number of nitrogens with zero attached hydrogens (tertiary/aromatic N) is 3. The lowest BCUT2D eigenvalue weighted by molar-refractivity contribution is 0.0446. The minimum absolute atomic E-state index is 0.0270. The molecule has 0 aromatic carbocycles. The summed E-state index contributed by atoms with van der Waals surface area (Å²) in [6.45, 7) is 2.49. The molecule has 0 radical (unpaired) electrons. The van der Waals surface area contributed by atoms with Gasteiger partial charge in [-0.3, -0.25) is 9.48 Å². The Hall–Kier alpha value is -1.36. The van der Waals surface area contributed by atoms with Crippen LogP contribution in [0.1, 0.15) is 41.9 Å². The lowest BCUT2D eigenvalue weighted by atomic mass is 9.86. The van der Waals surface area contributed by atoms with E-state index in [1.807, 2.05) is 6.92 Å². The summed E-state index contributed by atoms with van der Waals surface area (Å²) in [5.74, 6) is 0.179. The maximum absolute atomic E-state index is 12.3. The first-order valence-corrected chi connectivity index (χ1v) is 6.93. The monoisotopic (exact) mass is 265 g/mol. The Kier molecular flexibility index (Phi) is 4.24. The third kappa shape index (κ3) is 3.15. The van der Waals surface area contributed by atoms with Crippen molar-refractivity contribution in [1.82, 2.24) is 14.7 Å². The number of aromatic nitrogens is 2. The van der Waals surface area contributed by atoms with Gasteiger partial charge in [0.05, 0.1) is 11.8 Å². The van der Waals surface area contributed by atoms with E-state index in [4.69, 9.17) is 0 Å². The first-order chi connectivity index (χ1) is 8.99. The van der Waals surface area contributed by atoms with Crippen molar-refractivity contribution in [3.8, 4) is 0 Å². The smallest absolute Gasteiger partial charge is 0.271 e. The van der Waals surface area contributed by atoms with Crippen molar-refractivity contribution in [3.05, 3.63) is 17.5 Å². The van der Waals surface area contributed by atoms with Crippen LogP contribution in [0.5, 0.6) is 0 Å². The summed E-state index contributed by atoms with van der Waals surface area (Å²) in [6, 6.07) is 1.80. The van der Waals surface area contributed by atoms with Crippen molar-refractivity contribution in [1.29, 1.82) is 0 Å². The van der Waals surface area contributed by atoms with Crippen molar-refractivity contribution in [2.75, 3.05) is 13.6 Å². The van der Waals surface area contributed by atoms with E-state index in [9.17, 15) is 9.90 Å².